The molecule has 2 fully saturated rings. The van der Waals surface area contributed by atoms with Crippen LogP contribution in [0.1, 0.15) is 45.4 Å². The smallest absolute Gasteiger partial charge is 0.242 e. The Morgan fingerprint density at radius 3 is 2.82 bits per heavy atom. The Hall–Kier alpha value is -2.38. The maximum absolute atomic E-state index is 13.5. The zero-order chi connectivity index (χ0) is 23.2. The van der Waals surface area contributed by atoms with Gasteiger partial charge in [0.2, 0.25) is 11.8 Å². The van der Waals surface area contributed by atoms with Gasteiger partial charge in [0.15, 0.2) is 0 Å². The summed E-state index contributed by atoms with van der Waals surface area (Å²) in [7, 11) is 1.71. The molecule has 33 heavy (non-hydrogen) atoms. The highest BCUT2D eigenvalue weighted by atomic mass is 16.5. The van der Waals surface area contributed by atoms with Crippen molar-refractivity contribution >= 4 is 28.4 Å². The van der Waals surface area contributed by atoms with E-state index in [1.54, 1.807) is 7.11 Å². The number of rotatable bonds is 9. The van der Waals surface area contributed by atoms with Crippen molar-refractivity contribution in [2.75, 3.05) is 45.2 Å². The number of ether oxygens (including phenoxy) is 1. The summed E-state index contributed by atoms with van der Waals surface area (Å²) in [5.74, 6) is 0.611. The number of carbonyl (C=O) groups is 2. The highest BCUT2D eigenvalue weighted by Gasteiger charge is 2.34. The zero-order valence-electron chi connectivity index (χ0n) is 20.1. The fourth-order valence-electron chi connectivity index (χ4n) is 5.70. The molecule has 7 nitrogen and oxygen atoms in total. The summed E-state index contributed by atoms with van der Waals surface area (Å²) in [4.78, 5) is 29.8. The molecule has 0 bridgehead atoms. The number of carbonyl (C=O) groups excluding carboxylic acids is 2. The lowest BCUT2D eigenvalue weighted by molar-refractivity contribution is -0.133. The third-order valence-electron chi connectivity index (χ3n) is 7.24. The first-order chi connectivity index (χ1) is 16.1. The molecule has 0 spiro atoms. The average molecular weight is 455 g/mol. The predicted octanol–water partition coefficient (Wildman–Crippen LogP) is 3.73. The Morgan fingerprint density at radius 2 is 2.00 bits per heavy atom. The van der Waals surface area contributed by atoms with E-state index in [4.69, 9.17) is 4.74 Å². The predicted molar refractivity (Wildman–Crippen MR) is 131 cm³/mol. The number of piperidine rings is 2. The molecule has 0 saturated carbocycles. The van der Waals surface area contributed by atoms with Gasteiger partial charge in [0.1, 0.15) is 6.54 Å². The lowest BCUT2D eigenvalue weighted by Crippen LogP contribution is -2.52. The first kappa shape index (κ1) is 23.8. The van der Waals surface area contributed by atoms with Crippen LogP contribution in [0.3, 0.4) is 0 Å². The summed E-state index contributed by atoms with van der Waals surface area (Å²) >= 11 is 0. The molecule has 4 rings (SSSR count). The van der Waals surface area contributed by atoms with Crippen molar-refractivity contribution in [3.05, 3.63) is 30.5 Å². The van der Waals surface area contributed by atoms with Crippen LogP contribution in [0.5, 0.6) is 0 Å². The van der Waals surface area contributed by atoms with E-state index in [1.165, 1.54) is 52.1 Å². The highest BCUT2D eigenvalue weighted by molar-refractivity contribution is 6.01. The Kier molecular flexibility index (Phi) is 8.04. The second-order valence-corrected chi connectivity index (χ2v) is 9.55. The number of methoxy groups -OCH3 is 1. The first-order valence-corrected chi connectivity index (χ1v) is 12.4. The van der Waals surface area contributed by atoms with Crippen molar-refractivity contribution in [3.8, 4) is 0 Å². The number of fused-ring (bicyclic) bond motifs is 2. The Bertz CT molecular complexity index is 954. The second kappa shape index (κ2) is 11.2. The molecule has 2 aliphatic rings. The molecule has 1 aromatic carbocycles. The van der Waals surface area contributed by atoms with Gasteiger partial charge < -0.3 is 24.4 Å². The Morgan fingerprint density at radius 1 is 1.15 bits per heavy atom. The molecule has 7 heteroatoms. The Balaban J connectivity index is 1.49. The quantitative estimate of drug-likeness (QED) is 0.587. The van der Waals surface area contributed by atoms with Gasteiger partial charge in [0.05, 0.1) is 11.2 Å². The minimum absolute atomic E-state index is 0.0973. The van der Waals surface area contributed by atoms with E-state index in [2.05, 4.69) is 15.1 Å². The van der Waals surface area contributed by atoms with E-state index >= 15 is 0 Å². The SMILES string of the molecule is COCCCN(C[C@@H]1CCCN2CCCC[C@H]12)C(=O)Cn1ccc2c(NC(C)=O)cccc21. The van der Waals surface area contributed by atoms with Gasteiger partial charge in [-0.05, 0) is 69.3 Å². The molecular formula is C26H38N4O3. The number of anilines is 1. The molecule has 2 aliphatic heterocycles. The zero-order valence-corrected chi connectivity index (χ0v) is 20.1. The standard InChI is InChI=1S/C26H38N4O3/c1-20(31)27-23-9-5-11-25-22(23)12-16-29(25)19-26(32)30(15-7-17-33-2)18-21-8-6-14-28-13-4-3-10-24(21)28/h5,9,11-12,16,21,24H,3-4,6-8,10,13-15,17-19H2,1-2H3,(H,27,31)/t21-,24+/m0/s1. The van der Waals surface area contributed by atoms with Crippen LogP contribution in [-0.2, 0) is 20.9 Å². The van der Waals surface area contributed by atoms with Crippen LogP contribution >= 0.6 is 0 Å². The molecule has 0 radical (unpaired) electrons. The first-order valence-electron chi connectivity index (χ1n) is 12.4. The Labute approximate surface area is 197 Å². The third-order valence-corrected chi connectivity index (χ3v) is 7.24. The van der Waals surface area contributed by atoms with Gasteiger partial charge in [-0.15, -0.1) is 0 Å². The molecule has 2 saturated heterocycles. The monoisotopic (exact) mass is 454 g/mol. The van der Waals surface area contributed by atoms with Gasteiger partial charge >= 0.3 is 0 Å². The van der Waals surface area contributed by atoms with Crippen molar-refractivity contribution in [1.82, 2.24) is 14.4 Å². The van der Waals surface area contributed by atoms with Crippen LogP contribution in [0.4, 0.5) is 5.69 Å². The third kappa shape index (κ3) is 5.76. The summed E-state index contributed by atoms with van der Waals surface area (Å²) in [6.07, 6.45) is 9.12. The summed E-state index contributed by atoms with van der Waals surface area (Å²) in [5, 5.41) is 3.84. The molecule has 2 aromatic rings. The van der Waals surface area contributed by atoms with Gasteiger partial charge in [-0.25, -0.2) is 0 Å². The van der Waals surface area contributed by atoms with Crippen LogP contribution in [0.15, 0.2) is 30.5 Å². The molecule has 0 aliphatic carbocycles. The summed E-state index contributed by atoms with van der Waals surface area (Å²) < 4.78 is 7.27. The number of nitrogens with one attached hydrogen (secondary N) is 1. The van der Waals surface area contributed by atoms with Gasteiger partial charge in [-0.3, -0.25) is 9.59 Å². The van der Waals surface area contributed by atoms with Crippen LogP contribution in [-0.4, -0.2) is 72.1 Å². The number of nitrogens with zero attached hydrogens (tertiary/aromatic N) is 3. The van der Waals surface area contributed by atoms with Crippen molar-refractivity contribution in [2.45, 2.75) is 58.0 Å². The number of benzene rings is 1. The van der Waals surface area contributed by atoms with Crippen molar-refractivity contribution in [3.63, 3.8) is 0 Å². The number of amides is 2. The van der Waals surface area contributed by atoms with Gasteiger partial charge in [-0.2, -0.15) is 0 Å². The maximum atomic E-state index is 13.5. The summed E-state index contributed by atoms with van der Waals surface area (Å²) in [5.41, 5.74) is 1.74. The van der Waals surface area contributed by atoms with Crippen LogP contribution in [0.25, 0.3) is 10.9 Å². The van der Waals surface area contributed by atoms with Crippen LogP contribution in [0.2, 0.25) is 0 Å². The normalized spacial score (nSPS) is 21.0. The number of aromatic nitrogens is 1. The van der Waals surface area contributed by atoms with E-state index in [1.807, 2.05) is 35.0 Å². The van der Waals surface area contributed by atoms with E-state index in [-0.39, 0.29) is 11.8 Å². The fourth-order valence-corrected chi connectivity index (χ4v) is 5.70. The van der Waals surface area contributed by atoms with Crippen LogP contribution < -0.4 is 5.32 Å². The van der Waals surface area contributed by atoms with E-state index < -0.39 is 0 Å². The summed E-state index contributed by atoms with van der Waals surface area (Å²) in [6, 6.07) is 8.42. The minimum Gasteiger partial charge on any atom is -0.385 e. The molecule has 3 heterocycles. The molecular weight excluding hydrogens is 416 g/mol. The number of hydrogen-bond acceptors (Lipinski definition) is 4. The lowest BCUT2D eigenvalue weighted by atomic mass is 9.83. The molecule has 1 N–H and O–H groups in total. The molecule has 0 unspecified atom stereocenters. The fraction of sp³-hybridized carbons (Fsp3) is 0.615. The lowest BCUT2D eigenvalue weighted by Gasteiger charge is -2.45. The average Bonchev–Trinajstić information content (AvgIpc) is 3.22. The van der Waals surface area contributed by atoms with Gasteiger partial charge in [0, 0.05) is 51.4 Å². The molecule has 1 aromatic heterocycles. The molecule has 2 atom stereocenters. The van der Waals surface area contributed by atoms with Crippen molar-refractivity contribution in [2.24, 2.45) is 5.92 Å². The second-order valence-electron chi connectivity index (χ2n) is 9.55. The van der Waals surface area contributed by atoms with E-state index in [0.717, 1.165) is 36.1 Å². The van der Waals surface area contributed by atoms with Crippen molar-refractivity contribution in [1.29, 1.82) is 0 Å². The van der Waals surface area contributed by atoms with E-state index in [9.17, 15) is 9.59 Å². The van der Waals surface area contributed by atoms with Crippen LogP contribution in [0, 0.1) is 5.92 Å². The topological polar surface area (TPSA) is 66.8 Å². The molecule has 180 valence electrons. The largest absolute Gasteiger partial charge is 0.385 e. The minimum atomic E-state index is -0.0973. The summed E-state index contributed by atoms with van der Waals surface area (Å²) in [6.45, 7) is 6.47. The molecule has 2 amide bonds. The van der Waals surface area contributed by atoms with E-state index in [0.29, 0.717) is 25.1 Å². The number of hydrogen-bond donors (Lipinski definition) is 1. The highest BCUT2D eigenvalue weighted by Crippen LogP contribution is 2.32. The van der Waals surface area contributed by atoms with Gasteiger partial charge in [-0.1, -0.05) is 12.5 Å². The maximum Gasteiger partial charge on any atom is 0.242 e. The van der Waals surface area contributed by atoms with Gasteiger partial charge in [0.25, 0.3) is 0 Å². The van der Waals surface area contributed by atoms with Crippen molar-refractivity contribution < 1.29 is 14.3 Å².